The molecule has 532 valence electrons. The van der Waals surface area contributed by atoms with Gasteiger partial charge in [-0.25, -0.2) is 0 Å². The Balaban J connectivity index is 2.01. The van der Waals surface area contributed by atoms with Crippen LogP contribution in [0.5, 0.6) is 0 Å². The van der Waals surface area contributed by atoms with Crippen molar-refractivity contribution in [2.75, 3.05) is 13.2 Å². The van der Waals surface area contributed by atoms with Crippen LogP contribution in [-0.4, -0.2) is 87.5 Å². The molecule has 7 unspecified atom stereocenters. The second kappa shape index (κ2) is 70.0. The lowest BCUT2D eigenvalue weighted by Crippen LogP contribution is -2.60. The van der Waals surface area contributed by atoms with E-state index in [9.17, 15) is 30.3 Å². The van der Waals surface area contributed by atoms with E-state index >= 15 is 0 Å². The molecule has 9 heteroatoms. The lowest BCUT2D eigenvalue weighted by molar-refractivity contribution is -0.302. The zero-order chi connectivity index (χ0) is 64.2. The van der Waals surface area contributed by atoms with E-state index in [1.54, 1.807) is 0 Å². The Hall–Kier alpha value is -0.810. The number of carbonyl (C=O) groups is 1. The highest BCUT2D eigenvalue weighted by molar-refractivity contribution is 5.76. The first-order valence-corrected chi connectivity index (χ1v) is 40.7. The van der Waals surface area contributed by atoms with E-state index < -0.39 is 49.5 Å². The number of hydrogen-bond donors (Lipinski definition) is 6. The summed E-state index contributed by atoms with van der Waals surface area (Å²) in [6.45, 7) is 3.92. The zero-order valence-electron chi connectivity index (χ0n) is 60.0. The number of aliphatic hydroxyl groups excluding tert-OH is 5. The molecule has 6 N–H and O–H groups in total. The summed E-state index contributed by atoms with van der Waals surface area (Å²) < 4.78 is 11.4. The van der Waals surface area contributed by atoms with Crippen LogP contribution in [0.2, 0.25) is 0 Å². The maximum atomic E-state index is 13.2. The topological polar surface area (TPSA) is 149 Å². The third kappa shape index (κ3) is 58.3. The summed E-state index contributed by atoms with van der Waals surface area (Å²) in [5.74, 6) is -0.131. The fraction of sp³-hybridized carbons (Fsp3) is 0.988. The van der Waals surface area contributed by atoms with Gasteiger partial charge in [0.1, 0.15) is 24.4 Å². The molecule has 0 aliphatic carbocycles. The van der Waals surface area contributed by atoms with Gasteiger partial charge in [-0.3, -0.25) is 4.79 Å². The van der Waals surface area contributed by atoms with Crippen LogP contribution >= 0.6 is 0 Å². The fourth-order valence-corrected chi connectivity index (χ4v) is 13.9. The standard InChI is InChI=1S/C80H159NO8/c1-3-5-7-9-11-13-15-17-19-21-23-25-27-29-31-32-33-34-35-36-37-38-39-40-41-42-44-46-48-50-52-54-56-58-60-62-64-66-68-70-76(84)81-73(72-88-80-79(87)78(86)77(85)75(71-82)89-80)74(83)69-67-65-63-61-59-57-55-53-51-49-47-45-43-30-28-26-24-22-20-18-16-14-12-10-8-6-4-2/h73-75,77-80,82-83,85-87H,3-72H2,1-2H3,(H,81,84). The van der Waals surface area contributed by atoms with Gasteiger partial charge in [0.25, 0.3) is 0 Å². The molecular weight excluding hydrogens is 1100 g/mol. The summed E-state index contributed by atoms with van der Waals surface area (Å²) in [6.07, 6.45) is 83.7. The molecule has 0 aromatic heterocycles. The second-order valence-electron chi connectivity index (χ2n) is 28.9. The van der Waals surface area contributed by atoms with Crippen LogP contribution < -0.4 is 5.32 Å². The Morgan fingerprint density at radius 3 is 0.798 bits per heavy atom. The Kier molecular flexibility index (Phi) is 67.8. The lowest BCUT2D eigenvalue weighted by atomic mass is 9.99. The van der Waals surface area contributed by atoms with E-state index in [2.05, 4.69) is 19.2 Å². The Bertz CT molecular complexity index is 1370. The highest BCUT2D eigenvalue weighted by Gasteiger charge is 2.44. The first-order chi connectivity index (χ1) is 43.8. The molecule has 1 fully saturated rings. The number of aliphatic hydroxyl groups is 5. The largest absolute Gasteiger partial charge is 0.394 e. The minimum absolute atomic E-state index is 0.130. The summed E-state index contributed by atoms with van der Waals surface area (Å²) in [5.41, 5.74) is 0. The molecule has 9 nitrogen and oxygen atoms in total. The molecule has 89 heavy (non-hydrogen) atoms. The van der Waals surface area contributed by atoms with Crippen molar-refractivity contribution >= 4 is 5.91 Å². The van der Waals surface area contributed by atoms with Crippen molar-refractivity contribution in [1.29, 1.82) is 0 Å². The van der Waals surface area contributed by atoms with Crippen LogP contribution in [0, 0.1) is 0 Å². The molecule has 1 aliphatic rings. The maximum absolute atomic E-state index is 13.2. The average Bonchev–Trinajstić information content (AvgIpc) is 2.42. The van der Waals surface area contributed by atoms with E-state index in [1.165, 1.54) is 385 Å². The molecule has 0 saturated carbocycles. The molecule has 0 radical (unpaired) electrons. The first kappa shape index (κ1) is 86.2. The summed E-state index contributed by atoms with van der Waals surface area (Å²) in [7, 11) is 0. The Morgan fingerprint density at radius 2 is 0.562 bits per heavy atom. The molecule has 1 saturated heterocycles. The third-order valence-electron chi connectivity index (χ3n) is 20.2. The van der Waals surface area contributed by atoms with Crippen molar-refractivity contribution in [3.8, 4) is 0 Å². The van der Waals surface area contributed by atoms with Crippen molar-refractivity contribution in [1.82, 2.24) is 5.32 Å². The van der Waals surface area contributed by atoms with Crippen LogP contribution in [0.1, 0.15) is 450 Å². The highest BCUT2D eigenvalue weighted by atomic mass is 16.7. The van der Waals surface area contributed by atoms with E-state index in [4.69, 9.17) is 9.47 Å². The highest BCUT2D eigenvalue weighted by Crippen LogP contribution is 2.25. The SMILES string of the molecule is CCCCCCCCCCCCCCCCCCCCCCCCCCCCCCCCCCCCCCCCCC(=O)NC(COC1OC(CO)C(O)C(O)C1O)C(O)CCCCCCCCCCCCCCCCCCCCCCCCCCCCC. The zero-order valence-corrected chi connectivity index (χ0v) is 60.0. The smallest absolute Gasteiger partial charge is 0.220 e. The van der Waals surface area contributed by atoms with Gasteiger partial charge < -0.3 is 40.3 Å². The van der Waals surface area contributed by atoms with Crippen molar-refractivity contribution in [2.45, 2.75) is 493 Å². The van der Waals surface area contributed by atoms with Crippen molar-refractivity contribution < 1.29 is 39.8 Å². The molecule has 1 rings (SSSR count). The van der Waals surface area contributed by atoms with Gasteiger partial charge in [-0.05, 0) is 12.8 Å². The predicted molar refractivity (Wildman–Crippen MR) is 383 cm³/mol. The monoisotopic (exact) mass is 1260 g/mol. The van der Waals surface area contributed by atoms with Crippen LogP contribution in [-0.2, 0) is 14.3 Å². The summed E-state index contributed by atoms with van der Waals surface area (Å²) in [6, 6.07) is -0.716. The number of amides is 1. The van der Waals surface area contributed by atoms with Gasteiger partial charge in [0.05, 0.1) is 25.4 Å². The van der Waals surface area contributed by atoms with Gasteiger partial charge in [-0.2, -0.15) is 0 Å². The summed E-state index contributed by atoms with van der Waals surface area (Å²) >= 11 is 0. The van der Waals surface area contributed by atoms with Crippen LogP contribution in [0.3, 0.4) is 0 Å². The molecule has 1 aliphatic heterocycles. The molecule has 0 aromatic carbocycles. The van der Waals surface area contributed by atoms with Crippen LogP contribution in [0.4, 0.5) is 0 Å². The van der Waals surface area contributed by atoms with Gasteiger partial charge in [0.2, 0.25) is 5.91 Å². The minimum atomic E-state index is -1.55. The fourth-order valence-electron chi connectivity index (χ4n) is 13.9. The van der Waals surface area contributed by atoms with Crippen LogP contribution in [0.15, 0.2) is 0 Å². The molecule has 0 spiro atoms. The Labute approximate surface area is 554 Å². The minimum Gasteiger partial charge on any atom is -0.394 e. The van der Waals surface area contributed by atoms with Gasteiger partial charge >= 0.3 is 0 Å². The van der Waals surface area contributed by atoms with Crippen molar-refractivity contribution in [3.63, 3.8) is 0 Å². The Morgan fingerprint density at radius 1 is 0.337 bits per heavy atom. The first-order valence-electron chi connectivity index (χ1n) is 40.7. The molecule has 1 heterocycles. The van der Waals surface area contributed by atoms with E-state index in [0.29, 0.717) is 12.8 Å². The quantitative estimate of drug-likeness (QED) is 0.0330. The van der Waals surface area contributed by atoms with Crippen molar-refractivity contribution in [3.05, 3.63) is 0 Å². The molecule has 0 bridgehead atoms. The molecule has 0 aromatic rings. The van der Waals surface area contributed by atoms with E-state index in [0.717, 1.165) is 38.5 Å². The number of nitrogens with one attached hydrogen (secondary N) is 1. The molecule has 7 atom stereocenters. The van der Waals surface area contributed by atoms with Gasteiger partial charge in [0, 0.05) is 6.42 Å². The maximum Gasteiger partial charge on any atom is 0.220 e. The van der Waals surface area contributed by atoms with Gasteiger partial charge in [0.15, 0.2) is 6.29 Å². The summed E-state index contributed by atoms with van der Waals surface area (Å²) in [5, 5.41) is 55.1. The van der Waals surface area contributed by atoms with E-state index in [-0.39, 0.29) is 12.5 Å². The third-order valence-corrected chi connectivity index (χ3v) is 20.2. The van der Waals surface area contributed by atoms with Gasteiger partial charge in [-0.15, -0.1) is 0 Å². The second-order valence-corrected chi connectivity index (χ2v) is 28.9. The number of rotatable bonds is 74. The predicted octanol–water partition coefficient (Wildman–Crippen LogP) is 23.2. The average molecular weight is 1260 g/mol. The number of hydrogen-bond acceptors (Lipinski definition) is 8. The summed E-state index contributed by atoms with van der Waals surface area (Å²) in [4.78, 5) is 13.2. The van der Waals surface area contributed by atoms with Crippen LogP contribution in [0.25, 0.3) is 0 Å². The molecule has 1 amide bonds. The van der Waals surface area contributed by atoms with E-state index in [1.807, 2.05) is 0 Å². The normalized spacial score (nSPS) is 17.7. The number of carbonyl (C=O) groups excluding carboxylic acids is 1. The van der Waals surface area contributed by atoms with Gasteiger partial charge in [-0.1, -0.05) is 431 Å². The number of unbranched alkanes of at least 4 members (excludes halogenated alkanes) is 64. The number of ether oxygens (including phenoxy) is 2. The van der Waals surface area contributed by atoms with Crippen molar-refractivity contribution in [2.24, 2.45) is 0 Å². The lowest BCUT2D eigenvalue weighted by Gasteiger charge is -2.40. The molecular formula is C80H159NO8.